The van der Waals surface area contributed by atoms with E-state index in [1.54, 1.807) is 26.4 Å². The van der Waals surface area contributed by atoms with Gasteiger partial charge in [0.1, 0.15) is 11.5 Å². The van der Waals surface area contributed by atoms with E-state index in [1.807, 2.05) is 42.5 Å². The van der Waals surface area contributed by atoms with Crippen LogP contribution < -0.4 is 14.4 Å². The summed E-state index contributed by atoms with van der Waals surface area (Å²) in [5, 5.41) is 16.3. The number of rotatable bonds is 3. The molecule has 0 radical (unpaired) electrons. The summed E-state index contributed by atoms with van der Waals surface area (Å²) in [6.45, 7) is 12.6. The molecule has 6 aromatic rings. The van der Waals surface area contributed by atoms with Crippen LogP contribution in [0.15, 0.2) is 60.7 Å². The Labute approximate surface area is 262 Å². The normalized spacial score (nSPS) is 13.8. The van der Waals surface area contributed by atoms with E-state index in [0.29, 0.717) is 39.3 Å². The standard InChI is InChI=1S/C39H34N2O4/c1-38(2,3)21-13-15-27(39(4,5)6)28(16-21)41-36(42)25-17-29(44-7)33-23-11-9-10-22-20(19-40)12-14-24(31(22)23)34-30(45-8)18-26(37(41)43)32(25)35(33)34/h9-18H,1-8H3. The molecule has 0 aromatic heterocycles. The van der Waals surface area contributed by atoms with Crippen molar-refractivity contribution in [3.05, 3.63) is 88.5 Å². The second-order valence-electron chi connectivity index (χ2n) is 13.9. The fourth-order valence-corrected chi connectivity index (χ4v) is 7.07. The Hall–Kier alpha value is -5.15. The number of methoxy groups -OCH3 is 2. The smallest absolute Gasteiger partial charge is 0.266 e. The first-order chi connectivity index (χ1) is 21.3. The van der Waals surface area contributed by atoms with Crippen molar-refractivity contribution < 1.29 is 19.1 Å². The van der Waals surface area contributed by atoms with Crippen molar-refractivity contribution in [2.24, 2.45) is 0 Å². The number of amides is 2. The maximum Gasteiger partial charge on any atom is 0.266 e. The molecule has 6 aromatic carbocycles. The minimum absolute atomic E-state index is 0.196. The molecule has 0 saturated carbocycles. The quantitative estimate of drug-likeness (QED) is 0.116. The van der Waals surface area contributed by atoms with Crippen molar-refractivity contribution >= 4 is 60.6 Å². The predicted molar refractivity (Wildman–Crippen MR) is 180 cm³/mol. The number of anilines is 1. The highest BCUT2D eigenvalue weighted by Crippen LogP contribution is 2.51. The van der Waals surface area contributed by atoms with Gasteiger partial charge in [-0.25, -0.2) is 4.90 Å². The lowest BCUT2D eigenvalue weighted by Gasteiger charge is -2.34. The van der Waals surface area contributed by atoms with Crippen molar-refractivity contribution in [2.45, 2.75) is 52.4 Å². The zero-order valence-electron chi connectivity index (χ0n) is 26.8. The highest BCUT2D eigenvalue weighted by atomic mass is 16.5. The minimum atomic E-state index is -0.395. The number of nitriles is 1. The Bertz CT molecular complexity index is 2230. The van der Waals surface area contributed by atoms with Crippen LogP contribution in [-0.2, 0) is 10.8 Å². The molecule has 0 saturated heterocycles. The monoisotopic (exact) mass is 594 g/mol. The van der Waals surface area contributed by atoms with E-state index < -0.39 is 11.8 Å². The van der Waals surface area contributed by atoms with Crippen LogP contribution in [0, 0.1) is 11.3 Å². The summed E-state index contributed by atoms with van der Waals surface area (Å²) in [6.07, 6.45) is 0. The maximum atomic E-state index is 14.7. The van der Waals surface area contributed by atoms with Gasteiger partial charge in [0.05, 0.1) is 42.7 Å². The number of nitrogens with zero attached hydrogens (tertiary/aromatic N) is 2. The minimum Gasteiger partial charge on any atom is -0.496 e. The highest BCUT2D eigenvalue weighted by molar-refractivity contribution is 6.44. The molecule has 1 aliphatic heterocycles. The summed E-state index contributed by atoms with van der Waals surface area (Å²) in [5.41, 5.74) is 3.34. The number of fused-ring (bicyclic) bond motifs is 2. The molecule has 224 valence electrons. The summed E-state index contributed by atoms with van der Waals surface area (Å²) < 4.78 is 12.0. The second kappa shape index (κ2) is 9.42. The van der Waals surface area contributed by atoms with Gasteiger partial charge < -0.3 is 9.47 Å². The van der Waals surface area contributed by atoms with Crippen LogP contribution in [-0.4, -0.2) is 26.0 Å². The Balaban J connectivity index is 1.64. The van der Waals surface area contributed by atoms with Gasteiger partial charge in [0.15, 0.2) is 0 Å². The summed E-state index contributed by atoms with van der Waals surface area (Å²) in [5.74, 6) is 0.240. The zero-order chi connectivity index (χ0) is 32.2. The van der Waals surface area contributed by atoms with Gasteiger partial charge >= 0.3 is 0 Å². The van der Waals surface area contributed by atoms with E-state index in [2.05, 4.69) is 53.7 Å². The SMILES string of the molecule is COc1cc2c3c(cc(OC)c4c5ccc(C#N)c6cccc(c1c34)c65)C(=O)N(c1cc(C(C)(C)C)ccc1C(C)(C)C)C2=O. The third-order valence-corrected chi connectivity index (χ3v) is 9.25. The Kier molecular flexibility index (Phi) is 5.99. The molecule has 7 rings (SSSR count). The summed E-state index contributed by atoms with van der Waals surface area (Å²) in [6, 6.07) is 21.6. The number of carbonyl (C=O) groups excluding carboxylic acids is 2. The first kappa shape index (κ1) is 28.6. The number of hydrogen-bond donors (Lipinski definition) is 0. The molecule has 0 bridgehead atoms. The van der Waals surface area contributed by atoms with Crippen molar-refractivity contribution in [3.8, 4) is 17.6 Å². The molecule has 45 heavy (non-hydrogen) atoms. The number of ether oxygens (including phenoxy) is 2. The molecule has 6 nitrogen and oxygen atoms in total. The lowest BCUT2D eigenvalue weighted by molar-refractivity contribution is 0.0892. The van der Waals surface area contributed by atoms with Gasteiger partial charge in [-0.3, -0.25) is 9.59 Å². The molecule has 1 aliphatic rings. The Morgan fingerprint density at radius 1 is 0.644 bits per heavy atom. The third kappa shape index (κ3) is 3.86. The highest BCUT2D eigenvalue weighted by Gasteiger charge is 2.40. The third-order valence-electron chi connectivity index (χ3n) is 9.25. The molecule has 2 amide bonds. The van der Waals surface area contributed by atoms with Gasteiger partial charge in [0.2, 0.25) is 0 Å². The lowest BCUT2D eigenvalue weighted by atomic mass is 9.79. The molecular weight excluding hydrogens is 560 g/mol. The van der Waals surface area contributed by atoms with Gasteiger partial charge in [-0.1, -0.05) is 77.9 Å². The van der Waals surface area contributed by atoms with E-state index in [0.717, 1.165) is 48.8 Å². The fraction of sp³-hybridized carbons (Fsp3) is 0.256. The van der Waals surface area contributed by atoms with Gasteiger partial charge in [0, 0.05) is 26.9 Å². The first-order valence-corrected chi connectivity index (χ1v) is 15.1. The number of benzene rings is 6. The summed E-state index contributed by atoms with van der Waals surface area (Å²) in [4.78, 5) is 30.8. The van der Waals surface area contributed by atoms with Crippen molar-refractivity contribution in [1.29, 1.82) is 5.26 Å². The van der Waals surface area contributed by atoms with Gasteiger partial charge in [-0.15, -0.1) is 0 Å². The van der Waals surface area contributed by atoms with E-state index in [4.69, 9.17) is 9.47 Å². The van der Waals surface area contributed by atoms with Crippen LogP contribution in [0.4, 0.5) is 5.69 Å². The van der Waals surface area contributed by atoms with Gasteiger partial charge in [-0.2, -0.15) is 5.26 Å². The molecule has 0 spiro atoms. The number of hydrogen-bond acceptors (Lipinski definition) is 5. The molecule has 0 unspecified atom stereocenters. The topological polar surface area (TPSA) is 79.6 Å². The number of imide groups is 1. The largest absolute Gasteiger partial charge is 0.496 e. The van der Waals surface area contributed by atoms with Crippen LogP contribution in [0.1, 0.15) is 78.9 Å². The molecule has 1 heterocycles. The summed E-state index contributed by atoms with van der Waals surface area (Å²) in [7, 11) is 3.18. The fourth-order valence-electron chi connectivity index (χ4n) is 7.07. The van der Waals surface area contributed by atoms with Crippen LogP contribution in [0.5, 0.6) is 11.5 Å². The molecule has 0 aliphatic carbocycles. The Morgan fingerprint density at radius 3 is 1.76 bits per heavy atom. The molecule has 0 fully saturated rings. The van der Waals surface area contributed by atoms with Crippen molar-refractivity contribution in [1.82, 2.24) is 0 Å². The van der Waals surface area contributed by atoms with Crippen molar-refractivity contribution in [3.63, 3.8) is 0 Å². The van der Waals surface area contributed by atoms with Crippen molar-refractivity contribution in [2.75, 3.05) is 19.1 Å². The molecular formula is C39H34N2O4. The van der Waals surface area contributed by atoms with Crippen LogP contribution in [0.2, 0.25) is 0 Å². The maximum absolute atomic E-state index is 14.7. The van der Waals surface area contributed by atoms with E-state index in [1.165, 1.54) is 4.90 Å². The van der Waals surface area contributed by atoms with Gasteiger partial charge in [0.25, 0.3) is 11.8 Å². The van der Waals surface area contributed by atoms with E-state index in [9.17, 15) is 14.9 Å². The Morgan fingerprint density at radius 2 is 1.22 bits per heavy atom. The predicted octanol–water partition coefficient (Wildman–Crippen LogP) is 9.02. The zero-order valence-corrected chi connectivity index (χ0v) is 26.8. The second-order valence-corrected chi connectivity index (χ2v) is 13.9. The number of carbonyl (C=O) groups is 2. The average molecular weight is 595 g/mol. The molecule has 6 heteroatoms. The molecule has 0 N–H and O–H groups in total. The summed E-state index contributed by atoms with van der Waals surface area (Å²) >= 11 is 0. The van der Waals surface area contributed by atoms with Crippen LogP contribution in [0.25, 0.3) is 43.1 Å². The van der Waals surface area contributed by atoms with Crippen LogP contribution in [0.3, 0.4) is 0 Å². The van der Waals surface area contributed by atoms with Gasteiger partial charge in [-0.05, 0) is 62.4 Å². The van der Waals surface area contributed by atoms with E-state index >= 15 is 0 Å². The lowest BCUT2D eigenvalue weighted by Crippen LogP contribution is -2.42. The first-order valence-electron chi connectivity index (χ1n) is 15.1. The van der Waals surface area contributed by atoms with Crippen LogP contribution >= 0.6 is 0 Å². The van der Waals surface area contributed by atoms with E-state index in [-0.39, 0.29) is 10.8 Å². The average Bonchev–Trinajstić information content (AvgIpc) is 3.00. The molecule has 0 atom stereocenters.